The van der Waals surface area contributed by atoms with E-state index in [2.05, 4.69) is 5.32 Å². The number of carbonyl (C=O) groups excluding carboxylic acids is 3. The molecule has 1 aliphatic rings. The van der Waals surface area contributed by atoms with Gasteiger partial charge in [-0.2, -0.15) is 0 Å². The standard InChI is InChI=1S/C15H16N2O3S/c1-3-4-12-14(19)17(15(20)21-12)9-13(18)16-11-7-5-10(2)6-8-11/h4-8H,3,9H2,1-2H3,(H,16,18)/b12-4-. The van der Waals surface area contributed by atoms with E-state index in [-0.39, 0.29) is 12.5 Å². The Morgan fingerprint density at radius 1 is 1.29 bits per heavy atom. The van der Waals surface area contributed by atoms with E-state index in [0.29, 0.717) is 17.0 Å². The molecule has 0 atom stereocenters. The second-order valence-corrected chi connectivity index (χ2v) is 5.64. The molecule has 6 heteroatoms. The van der Waals surface area contributed by atoms with Gasteiger partial charge in [0.1, 0.15) is 6.54 Å². The maximum absolute atomic E-state index is 12.0. The van der Waals surface area contributed by atoms with Gasteiger partial charge >= 0.3 is 0 Å². The Labute approximate surface area is 127 Å². The minimum absolute atomic E-state index is 0.264. The van der Waals surface area contributed by atoms with Crippen LogP contribution in [0.5, 0.6) is 0 Å². The summed E-state index contributed by atoms with van der Waals surface area (Å²) >= 11 is 0.875. The van der Waals surface area contributed by atoms with Gasteiger partial charge in [0, 0.05) is 5.69 Å². The Morgan fingerprint density at radius 2 is 1.95 bits per heavy atom. The molecule has 0 spiro atoms. The highest BCUT2D eigenvalue weighted by molar-refractivity contribution is 8.18. The van der Waals surface area contributed by atoms with Gasteiger partial charge in [-0.05, 0) is 37.2 Å². The molecular weight excluding hydrogens is 288 g/mol. The number of carbonyl (C=O) groups is 3. The molecule has 0 unspecified atom stereocenters. The van der Waals surface area contributed by atoms with E-state index in [1.54, 1.807) is 18.2 Å². The molecular formula is C15H16N2O3S. The molecule has 0 aromatic heterocycles. The first-order chi connectivity index (χ1) is 10.0. The predicted molar refractivity (Wildman–Crippen MR) is 82.9 cm³/mol. The monoisotopic (exact) mass is 304 g/mol. The molecule has 110 valence electrons. The zero-order valence-corrected chi connectivity index (χ0v) is 12.7. The van der Waals surface area contributed by atoms with Crippen LogP contribution in [0.3, 0.4) is 0 Å². The van der Waals surface area contributed by atoms with Crippen LogP contribution in [0.25, 0.3) is 0 Å². The van der Waals surface area contributed by atoms with Gasteiger partial charge in [-0.25, -0.2) is 0 Å². The summed E-state index contributed by atoms with van der Waals surface area (Å²) in [7, 11) is 0. The van der Waals surface area contributed by atoms with Gasteiger partial charge in [0.05, 0.1) is 4.91 Å². The van der Waals surface area contributed by atoms with Crippen LogP contribution in [-0.4, -0.2) is 28.5 Å². The number of amides is 3. The lowest BCUT2D eigenvalue weighted by atomic mass is 10.2. The van der Waals surface area contributed by atoms with E-state index in [1.165, 1.54) is 0 Å². The van der Waals surface area contributed by atoms with E-state index < -0.39 is 11.1 Å². The number of hydrogen-bond donors (Lipinski definition) is 1. The van der Waals surface area contributed by atoms with Crippen molar-refractivity contribution in [2.75, 3.05) is 11.9 Å². The lowest BCUT2D eigenvalue weighted by Gasteiger charge is -2.12. The third-order valence-corrected chi connectivity index (χ3v) is 3.86. The maximum atomic E-state index is 12.0. The van der Waals surface area contributed by atoms with Crippen molar-refractivity contribution in [1.29, 1.82) is 0 Å². The average molecular weight is 304 g/mol. The lowest BCUT2D eigenvalue weighted by molar-refractivity contribution is -0.127. The highest BCUT2D eigenvalue weighted by atomic mass is 32.2. The number of hydrogen-bond acceptors (Lipinski definition) is 4. The molecule has 3 amide bonds. The Kier molecular flexibility index (Phi) is 4.80. The Morgan fingerprint density at radius 3 is 2.57 bits per heavy atom. The number of nitrogens with one attached hydrogen (secondary N) is 1. The first-order valence-electron chi connectivity index (χ1n) is 6.61. The Bertz CT molecular complexity index is 608. The molecule has 1 aliphatic heterocycles. The second-order valence-electron chi connectivity index (χ2n) is 4.65. The highest BCUT2D eigenvalue weighted by Crippen LogP contribution is 2.30. The Balaban J connectivity index is 1.99. The normalized spacial score (nSPS) is 16.7. The van der Waals surface area contributed by atoms with Crippen LogP contribution in [0.4, 0.5) is 10.5 Å². The van der Waals surface area contributed by atoms with Crippen molar-refractivity contribution in [2.24, 2.45) is 0 Å². The topological polar surface area (TPSA) is 66.5 Å². The summed E-state index contributed by atoms with van der Waals surface area (Å²) in [6.45, 7) is 3.57. The number of nitrogens with zero attached hydrogens (tertiary/aromatic N) is 1. The van der Waals surface area contributed by atoms with Crippen molar-refractivity contribution in [1.82, 2.24) is 4.90 Å². The van der Waals surface area contributed by atoms with Gasteiger partial charge in [0.25, 0.3) is 11.1 Å². The number of thioether (sulfide) groups is 1. The number of allylic oxidation sites excluding steroid dienone is 1. The minimum Gasteiger partial charge on any atom is -0.325 e. The van der Waals surface area contributed by atoms with E-state index in [1.807, 2.05) is 26.0 Å². The second kappa shape index (κ2) is 6.58. The zero-order valence-electron chi connectivity index (χ0n) is 11.9. The molecule has 1 N–H and O–H groups in total. The SMILES string of the molecule is CC/C=C1\SC(=O)N(CC(=O)Nc2ccc(C)cc2)C1=O. The molecule has 2 rings (SSSR count). The quantitative estimate of drug-likeness (QED) is 0.869. The predicted octanol–water partition coefficient (Wildman–Crippen LogP) is 2.92. The molecule has 1 heterocycles. The fraction of sp³-hybridized carbons (Fsp3) is 0.267. The first kappa shape index (κ1) is 15.3. The van der Waals surface area contributed by atoms with Crippen molar-refractivity contribution >= 4 is 34.5 Å². The largest absolute Gasteiger partial charge is 0.325 e. The van der Waals surface area contributed by atoms with Gasteiger partial charge in [0.2, 0.25) is 5.91 Å². The smallest absolute Gasteiger partial charge is 0.294 e. The molecule has 1 aromatic carbocycles. The van der Waals surface area contributed by atoms with Gasteiger partial charge in [-0.3, -0.25) is 19.3 Å². The fourth-order valence-electron chi connectivity index (χ4n) is 1.84. The summed E-state index contributed by atoms with van der Waals surface area (Å²) in [4.78, 5) is 37.0. The molecule has 0 bridgehead atoms. The third kappa shape index (κ3) is 3.72. The summed E-state index contributed by atoms with van der Waals surface area (Å²) in [6.07, 6.45) is 2.37. The van der Waals surface area contributed by atoms with Crippen LogP contribution in [-0.2, 0) is 9.59 Å². The van der Waals surface area contributed by atoms with Crippen LogP contribution in [0, 0.1) is 6.92 Å². The average Bonchev–Trinajstić information content (AvgIpc) is 2.70. The fourth-order valence-corrected chi connectivity index (χ4v) is 2.73. The van der Waals surface area contributed by atoms with Crippen LogP contribution in [0.15, 0.2) is 35.2 Å². The van der Waals surface area contributed by atoms with Crippen molar-refractivity contribution in [2.45, 2.75) is 20.3 Å². The summed E-state index contributed by atoms with van der Waals surface area (Å²) < 4.78 is 0. The molecule has 0 saturated carbocycles. The molecule has 5 nitrogen and oxygen atoms in total. The van der Waals surface area contributed by atoms with E-state index >= 15 is 0 Å². The van der Waals surface area contributed by atoms with Gasteiger partial charge in [-0.1, -0.05) is 30.7 Å². The minimum atomic E-state index is -0.404. The number of anilines is 1. The summed E-state index contributed by atoms with van der Waals surface area (Å²) in [5.74, 6) is -0.787. The number of aryl methyl sites for hydroxylation is 1. The number of rotatable bonds is 4. The summed E-state index contributed by atoms with van der Waals surface area (Å²) in [5, 5.41) is 2.27. The number of benzene rings is 1. The van der Waals surface area contributed by atoms with Crippen LogP contribution < -0.4 is 5.32 Å². The molecule has 0 aliphatic carbocycles. The van der Waals surface area contributed by atoms with E-state index in [0.717, 1.165) is 22.2 Å². The van der Waals surface area contributed by atoms with Gasteiger partial charge < -0.3 is 5.32 Å². The van der Waals surface area contributed by atoms with E-state index in [4.69, 9.17) is 0 Å². The molecule has 1 saturated heterocycles. The number of imide groups is 1. The lowest BCUT2D eigenvalue weighted by Crippen LogP contribution is -2.36. The van der Waals surface area contributed by atoms with Crippen molar-refractivity contribution in [3.8, 4) is 0 Å². The van der Waals surface area contributed by atoms with Crippen molar-refractivity contribution in [3.05, 3.63) is 40.8 Å². The molecule has 0 radical (unpaired) electrons. The van der Waals surface area contributed by atoms with Gasteiger partial charge in [-0.15, -0.1) is 0 Å². The van der Waals surface area contributed by atoms with Crippen LogP contribution in [0.2, 0.25) is 0 Å². The zero-order chi connectivity index (χ0) is 15.4. The third-order valence-electron chi connectivity index (χ3n) is 2.90. The van der Waals surface area contributed by atoms with Crippen molar-refractivity contribution < 1.29 is 14.4 Å². The van der Waals surface area contributed by atoms with E-state index in [9.17, 15) is 14.4 Å². The van der Waals surface area contributed by atoms with Crippen LogP contribution >= 0.6 is 11.8 Å². The molecule has 1 aromatic rings. The molecule has 21 heavy (non-hydrogen) atoms. The Hall–Kier alpha value is -2.08. The first-order valence-corrected chi connectivity index (χ1v) is 7.43. The highest BCUT2D eigenvalue weighted by Gasteiger charge is 2.35. The van der Waals surface area contributed by atoms with Crippen molar-refractivity contribution in [3.63, 3.8) is 0 Å². The summed E-state index contributed by atoms with van der Waals surface area (Å²) in [5.41, 5.74) is 1.73. The molecule has 1 fully saturated rings. The van der Waals surface area contributed by atoms with Crippen LogP contribution in [0.1, 0.15) is 18.9 Å². The van der Waals surface area contributed by atoms with Gasteiger partial charge in [0.15, 0.2) is 0 Å². The summed E-state index contributed by atoms with van der Waals surface area (Å²) in [6, 6.07) is 7.30. The maximum Gasteiger partial charge on any atom is 0.294 e.